The van der Waals surface area contributed by atoms with E-state index in [1.807, 2.05) is 0 Å². The van der Waals surface area contributed by atoms with Crippen LogP contribution in [0.4, 0.5) is 0 Å². The first-order valence-corrected chi connectivity index (χ1v) is 7.37. The van der Waals surface area contributed by atoms with Crippen molar-refractivity contribution in [3.05, 3.63) is 29.3 Å². The minimum atomic E-state index is 0.868. The summed E-state index contributed by atoms with van der Waals surface area (Å²) in [6, 6.07) is 6.77. The van der Waals surface area contributed by atoms with E-state index in [0.717, 1.165) is 24.7 Å². The molecule has 3 rings (SSSR count). The van der Waals surface area contributed by atoms with Crippen molar-refractivity contribution in [1.82, 2.24) is 5.32 Å². The molecule has 2 heteroatoms. The molecule has 0 amide bonds. The van der Waals surface area contributed by atoms with Gasteiger partial charge >= 0.3 is 0 Å². The van der Waals surface area contributed by atoms with Crippen LogP contribution in [0.2, 0.25) is 0 Å². The van der Waals surface area contributed by atoms with Gasteiger partial charge in [0.1, 0.15) is 5.75 Å². The van der Waals surface area contributed by atoms with Gasteiger partial charge in [0, 0.05) is 6.42 Å². The second-order valence-corrected chi connectivity index (χ2v) is 5.63. The molecule has 1 aromatic carbocycles. The van der Waals surface area contributed by atoms with Crippen molar-refractivity contribution in [2.24, 2.45) is 5.92 Å². The molecule has 18 heavy (non-hydrogen) atoms. The molecule has 1 atom stereocenters. The monoisotopic (exact) mass is 245 g/mol. The number of fused-ring (bicyclic) bond motifs is 1. The molecule has 0 bridgehead atoms. The standard InChI is InChI=1S/C16H23NO/c1-2-13(7-10-17-9-1)3-4-14-5-6-16-15(12-14)8-11-18-16/h5-6,12-13,17H,1-4,7-11H2. The third-order valence-electron chi connectivity index (χ3n) is 4.29. The molecule has 0 radical (unpaired) electrons. The zero-order valence-electron chi connectivity index (χ0n) is 11.1. The molecule has 1 unspecified atom stereocenters. The van der Waals surface area contributed by atoms with Gasteiger partial charge < -0.3 is 10.1 Å². The van der Waals surface area contributed by atoms with E-state index in [9.17, 15) is 0 Å². The first-order valence-electron chi connectivity index (χ1n) is 7.37. The first kappa shape index (κ1) is 12.0. The number of rotatable bonds is 3. The molecule has 0 aliphatic carbocycles. The van der Waals surface area contributed by atoms with Gasteiger partial charge in [0.05, 0.1) is 6.61 Å². The molecule has 98 valence electrons. The van der Waals surface area contributed by atoms with Gasteiger partial charge in [0.25, 0.3) is 0 Å². The fraction of sp³-hybridized carbons (Fsp3) is 0.625. The Balaban J connectivity index is 1.56. The van der Waals surface area contributed by atoms with Gasteiger partial charge in [0.15, 0.2) is 0 Å². The van der Waals surface area contributed by atoms with Gasteiger partial charge in [-0.3, -0.25) is 0 Å². The van der Waals surface area contributed by atoms with Gasteiger partial charge in [0.2, 0.25) is 0 Å². The normalized spacial score (nSPS) is 23.2. The minimum Gasteiger partial charge on any atom is -0.493 e. The summed E-state index contributed by atoms with van der Waals surface area (Å²) in [5, 5.41) is 3.49. The molecule has 2 aliphatic rings. The second-order valence-electron chi connectivity index (χ2n) is 5.63. The molecule has 2 nitrogen and oxygen atoms in total. The lowest BCUT2D eigenvalue weighted by Gasteiger charge is -2.13. The molecular formula is C16H23NO. The zero-order chi connectivity index (χ0) is 12.2. The molecule has 1 fully saturated rings. The van der Waals surface area contributed by atoms with Gasteiger partial charge in [-0.1, -0.05) is 12.1 Å². The average Bonchev–Trinajstić information content (AvgIpc) is 2.70. The number of hydrogen-bond acceptors (Lipinski definition) is 2. The summed E-state index contributed by atoms with van der Waals surface area (Å²) < 4.78 is 5.56. The highest BCUT2D eigenvalue weighted by atomic mass is 16.5. The molecule has 2 aliphatic heterocycles. The summed E-state index contributed by atoms with van der Waals surface area (Å²) in [5.74, 6) is 2.03. The maximum atomic E-state index is 5.56. The fourth-order valence-corrected chi connectivity index (χ4v) is 3.15. The SMILES string of the molecule is c1cc2c(cc1CCC1CCCNCC1)CCO2. The van der Waals surface area contributed by atoms with Gasteiger partial charge in [-0.2, -0.15) is 0 Å². The maximum absolute atomic E-state index is 5.56. The second kappa shape index (κ2) is 5.75. The minimum absolute atomic E-state index is 0.868. The highest BCUT2D eigenvalue weighted by molar-refractivity contribution is 5.39. The molecule has 1 aromatic rings. The first-order chi connectivity index (χ1) is 8.92. The summed E-state index contributed by atoms with van der Waals surface area (Å²) in [6.07, 6.45) is 7.79. The Morgan fingerprint density at radius 1 is 1.22 bits per heavy atom. The fourth-order valence-electron chi connectivity index (χ4n) is 3.15. The van der Waals surface area contributed by atoms with Crippen molar-refractivity contribution < 1.29 is 4.74 Å². The number of hydrogen-bond donors (Lipinski definition) is 1. The topological polar surface area (TPSA) is 21.3 Å². The molecule has 1 N–H and O–H groups in total. The van der Waals surface area contributed by atoms with Gasteiger partial charge in [-0.15, -0.1) is 0 Å². The highest BCUT2D eigenvalue weighted by Gasteiger charge is 2.14. The van der Waals surface area contributed by atoms with E-state index in [1.54, 1.807) is 0 Å². The zero-order valence-corrected chi connectivity index (χ0v) is 11.1. The van der Waals surface area contributed by atoms with Gasteiger partial charge in [-0.25, -0.2) is 0 Å². The average molecular weight is 245 g/mol. The number of benzene rings is 1. The lowest BCUT2D eigenvalue weighted by molar-refractivity contribution is 0.357. The maximum Gasteiger partial charge on any atom is 0.122 e. The lowest BCUT2D eigenvalue weighted by atomic mass is 9.92. The van der Waals surface area contributed by atoms with Crippen LogP contribution in [0.1, 0.15) is 36.8 Å². The molecule has 1 saturated heterocycles. The lowest BCUT2D eigenvalue weighted by Crippen LogP contribution is -2.14. The van der Waals surface area contributed by atoms with Crippen molar-refractivity contribution in [2.45, 2.75) is 38.5 Å². The summed E-state index contributed by atoms with van der Waals surface area (Å²) in [5.41, 5.74) is 2.91. The smallest absolute Gasteiger partial charge is 0.122 e. The molecular weight excluding hydrogens is 222 g/mol. The van der Waals surface area contributed by atoms with E-state index in [1.165, 1.54) is 56.3 Å². The predicted octanol–water partition coefficient (Wildman–Crippen LogP) is 2.94. The predicted molar refractivity (Wildman–Crippen MR) is 74.2 cm³/mol. The molecule has 0 saturated carbocycles. The van der Waals surface area contributed by atoms with Crippen molar-refractivity contribution >= 4 is 0 Å². The third-order valence-corrected chi connectivity index (χ3v) is 4.29. The Morgan fingerprint density at radius 2 is 2.22 bits per heavy atom. The Hall–Kier alpha value is -1.02. The molecule has 2 heterocycles. The van der Waals surface area contributed by atoms with E-state index >= 15 is 0 Å². The van der Waals surface area contributed by atoms with Crippen LogP contribution < -0.4 is 10.1 Å². The number of nitrogens with one attached hydrogen (secondary N) is 1. The van der Waals surface area contributed by atoms with Crippen molar-refractivity contribution in [3.63, 3.8) is 0 Å². The third kappa shape index (κ3) is 2.86. The van der Waals surface area contributed by atoms with Crippen LogP contribution in [-0.2, 0) is 12.8 Å². The van der Waals surface area contributed by atoms with E-state index in [2.05, 4.69) is 23.5 Å². The molecule has 0 aromatic heterocycles. The Bertz CT molecular complexity index is 394. The quantitative estimate of drug-likeness (QED) is 0.884. The van der Waals surface area contributed by atoms with Crippen LogP contribution in [0, 0.1) is 5.92 Å². The Kier molecular flexibility index (Phi) is 3.84. The summed E-state index contributed by atoms with van der Waals surface area (Å²) >= 11 is 0. The summed E-state index contributed by atoms with van der Waals surface area (Å²) in [6.45, 7) is 3.29. The Morgan fingerprint density at radius 3 is 3.22 bits per heavy atom. The van der Waals surface area contributed by atoms with E-state index in [-0.39, 0.29) is 0 Å². The Labute approximate surface area is 110 Å². The van der Waals surface area contributed by atoms with E-state index in [4.69, 9.17) is 4.74 Å². The molecule has 0 spiro atoms. The summed E-state index contributed by atoms with van der Waals surface area (Å²) in [4.78, 5) is 0. The van der Waals surface area contributed by atoms with E-state index in [0.29, 0.717) is 0 Å². The van der Waals surface area contributed by atoms with Crippen LogP contribution in [-0.4, -0.2) is 19.7 Å². The van der Waals surface area contributed by atoms with Crippen LogP contribution in [0.3, 0.4) is 0 Å². The summed E-state index contributed by atoms with van der Waals surface area (Å²) in [7, 11) is 0. The number of ether oxygens (including phenoxy) is 1. The van der Waals surface area contributed by atoms with Crippen LogP contribution >= 0.6 is 0 Å². The van der Waals surface area contributed by atoms with Crippen LogP contribution in [0.15, 0.2) is 18.2 Å². The van der Waals surface area contributed by atoms with Crippen LogP contribution in [0.25, 0.3) is 0 Å². The highest BCUT2D eigenvalue weighted by Crippen LogP contribution is 2.27. The van der Waals surface area contributed by atoms with Crippen molar-refractivity contribution in [2.75, 3.05) is 19.7 Å². The van der Waals surface area contributed by atoms with Crippen molar-refractivity contribution in [3.8, 4) is 5.75 Å². The van der Waals surface area contributed by atoms with E-state index < -0.39 is 0 Å². The van der Waals surface area contributed by atoms with Gasteiger partial charge in [-0.05, 0) is 68.3 Å². The van der Waals surface area contributed by atoms with Crippen molar-refractivity contribution in [1.29, 1.82) is 0 Å². The largest absolute Gasteiger partial charge is 0.493 e. The number of aryl methyl sites for hydroxylation is 1. The van der Waals surface area contributed by atoms with Crippen LogP contribution in [0.5, 0.6) is 5.75 Å².